The molecule has 0 bridgehead atoms. The van der Waals surface area contributed by atoms with Gasteiger partial charge in [-0.05, 0) is 42.7 Å². The Morgan fingerprint density at radius 2 is 2.07 bits per heavy atom. The first kappa shape index (κ1) is 18.6. The van der Waals surface area contributed by atoms with Gasteiger partial charge in [-0.2, -0.15) is 0 Å². The van der Waals surface area contributed by atoms with Crippen LogP contribution in [0.3, 0.4) is 0 Å². The number of hydrogen-bond donors (Lipinski definition) is 1. The van der Waals surface area contributed by atoms with Crippen LogP contribution in [0.4, 0.5) is 5.95 Å². The third-order valence-corrected chi connectivity index (χ3v) is 5.41. The number of methoxy groups -OCH3 is 1. The van der Waals surface area contributed by atoms with E-state index >= 15 is 0 Å². The van der Waals surface area contributed by atoms with Gasteiger partial charge in [0.15, 0.2) is 5.65 Å². The van der Waals surface area contributed by atoms with E-state index in [0.717, 1.165) is 43.2 Å². The zero-order chi connectivity index (χ0) is 19.5. The fourth-order valence-corrected chi connectivity index (χ4v) is 3.75. The van der Waals surface area contributed by atoms with Gasteiger partial charge in [-0.1, -0.05) is 23.7 Å². The number of ether oxygens (including phenoxy) is 1. The predicted octanol–water partition coefficient (Wildman–Crippen LogP) is 2.92. The second-order valence-corrected chi connectivity index (χ2v) is 7.29. The van der Waals surface area contributed by atoms with Crippen molar-refractivity contribution in [1.82, 2.24) is 19.9 Å². The van der Waals surface area contributed by atoms with Crippen molar-refractivity contribution in [2.24, 2.45) is 5.92 Å². The van der Waals surface area contributed by atoms with Crippen LogP contribution in [-0.4, -0.2) is 40.7 Å². The number of carbonyl (C=O) groups excluding carboxylic acids is 1. The molecule has 146 valence electrons. The lowest BCUT2D eigenvalue weighted by Gasteiger charge is -2.31. The van der Waals surface area contributed by atoms with Crippen molar-refractivity contribution in [3.05, 3.63) is 53.2 Å². The molecule has 0 spiro atoms. The lowest BCUT2D eigenvalue weighted by atomic mass is 9.96. The van der Waals surface area contributed by atoms with Crippen LogP contribution in [0, 0.1) is 5.92 Å². The van der Waals surface area contributed by atoms with Crippen LogP contribution in [0.25, 0.3) is 5.65 Å². The number of benzene rings is 1. The van der Waals surface area contributed by atoms with Crippen molar-refractivity contribution >= 4 is 29.1 Å². The largest absolute Gasteiger partial charge is 0.497 e. The molecular weight excluding hydrogens is 378 g/mol. The molecule has 8 heteroatoms. The first-order chi connectivity index (χ1) is 13.7. The highest BCUT2D eigenvalue weighted by molar-refractivity contribution is 6.33. The van der Waals surface area contributed by atoms with E-state index < -0.39 is 0 Å². The Balaban J connectivity index is 1.34. The Kier molecular flexibility index (Phi) is 5.34. The summed E-state index contributed by atoms with van der Waals surface area (Å²) in [6.07, 6.45) is 3.46. The van der Waals surface area contributed by atoms with Crippen molar-refractivity contribution in [2.75, 3.05) is 25.1 Å². The lowest BCUT2D eigenvalue weighted by Crippen LogP contribution is -2.41. The minimum atomic E-state index is 0.00429. The van der Waals surface area contributed by atoms with E-state index in [9.17, 15) is 4.79 Å². The molecule has 28 heavy (non-hydrogen) atoms. The van der Waals surface area contributed by atoms with Gasteiger partial charge in [0.25, 0.3) is 0 Å². The number of fused-ring (bicyclic) bond motifs is 1. The first-order valence-electron chi connectivity index (χ1n) is 9.30. The summed E-state index contributed by atoms with van der Waals surface area (Å²) in [7, 11) is 1.64. The van der Waals surface area contributed by atoms with E-state index in [1.165, 1.54) is 0 Å². The van der Waals surface area contributed by atoms with Gasteiger partial charge in [0, 0.05) is 31.7 Å². The number of amides is 1. The minimum absolute atomic E-state index is 0.00429. The normalized spacial score (nSPS) is 15.0. The van der Waals surface area contributed by atoms with E-state index in [2.05, 4.69) is 20.4 Å². The molecule has 1 fully saturated rings. The van der Waals surface area contributed by atoms with Crippen molar-refractivity contribution in [1.29, 1.82) is 0 Å². The molecule has 2 aromatic heterocycles. The number of carbonyl (C=O) groups is 1. The van der Waals surface area contributed by atoms with Gasteiger partial charge in [-0.15, -0.1) is 10.2 Å². The highest BCUT2D eigenvalue weighted by atomic mass is 35.5. The molecule has 4 rings (SSSR count). The molecule has 7 nitrogen and oxygen atoms in total. The molecule has 1 aromatic carbocycles. The number of nitrogens with zero attached hydrogens (tertiary/aromatic N) is 4. The van der Waals surface area contributed by atoms with Gasteiger partial charge in [0.2, 0.25) is 11.9 Å². The van der Waals surface area contributed by atoms with E-state index in [4.69, 9.17) is 16.3 Å². The zero-order valence-electron chi connectivity index (χ0n) is 15.6. The Hall–Kier alpha value is -2.80. The summed E-state index contributed by atoms with van der Waals surface area (Å²) in [5.74, 6) is 1.66. The van der Waals surface area contributed by atoms with Gasteiger partial charge in [0.05, 0.1) is 12.1 Å². The van der Waals surface area contributed by atoms with E-state index in [1.807, 2.05) is 40.9 Å². The maximum atomic E-state index is 12.6. The molecule has 3 heterocycles. The molecule has 0 radical (unpaired) electrons. The van der Waals surface area contributed by atoms with Crippen molar-refractivity contribution in [3.63, 3.8) is 0 Å². The molecule has 1 N–H and O–H groups in total. The van der Waals surface area contributed by atoms with Crippen LogP contribution < -0.4 is 15.0 Å². The average molecular weight is 400 g/mol. The van der Waals surface area contributed by atoms with Gasteiger partial charge in [-0.25, -0.2) is 0 Å². The number of hydrogen-bond acceptors (Lipinski definition) is 5. The van der Waals surface area contributed by atoms with Crippen LogP contribution in [-0.2, 0) is 11.3 Å². The van der Waals surface area contributed by atoms with Crippen molar-refractivity contribution in [3.8, 4) is 5.75 Å². The second kappa shape index (κ2) is 8.06. The number of pyridine rings is 1. The van der Waals surface area contributed by atoms with Crippen LogP contribution in [0.2, 0.25) is 5.02 Å². The van der Waals surface area contributed by atoms with Crippen LogP contribution >= 0.6 is 11.6 Å². The first-order valence-corrected chi connectivity index (χ1v) is 9.68. The number of rotatable bonds is 5. The Morgan fingerprint density at radius 1 is 1.25 bits per heavy atom. The fourth-order valence-electron chi connectivity index (χ4n) is 3.54. The molecule has 1 saturated heterocycles. The SMILES string of the molecule is COc1cccc(CNC(=O)C2CCN(c3nnc4c(Cl)cccn34)CC2)c1. The topological polar surface area (TPSA) is 71.8 Å². The van der Waals surface area contributed by atoms with Crippen LogP contribution in [0.15, 0.2) is 42.6 Å². The van der Waals surface area contributed by atoms with Crippen molar-refractivity contribution in [2.45, 2.75) is 19.4 Å². The molecular formula is C20H22ClN5O2. The number of piperidine rings is 1. The number of nitrogens with one attached hydrogen (secondary N) is 1. The third-order valence-electron chi connectivity index (χ3n) is 5.12. The molecule has 1 amide bonds. The van der Waals surface area contributed by atoms with Gasteiger partial charge in [0.1, 0.15) is 5.75 Å². The van der Waals surface area contributed by atoms with Gasteiger partial charge in [-0.3, -0.25) is 9.20 Å². The second-order valence-electron chi connectivity index (χ2n) is 6.88. The highest BCUT2D eigenvalue weighted by Gasteiger charge is 2.27. The maximum Gasteiger partial charge on any atom is 0.231 e. The Labute approximate surface area is 168 Å². The summed E-state index contributed by atoms with van der Waals surface area (Å²) in [4.78, 5) is 14.7. The summed E-state index contributed by atoms with van der Waals surface area (Å²) in [5, 5.41) is 12.1. The smallest absolute Gasteiger partial charge is 0.231 e. The molecule has 1 aliphatic heterocycles. The van der Waals surface area contributed by atoms with Gasteiger partial charge >= 0.3 is 0 Å². The van der Waals surface area contributed by atoms with Gasteiger partial charge < -0.3 is 15.0 Å². The van der Waals surface area contributed by atoms with E-state index in [-0.39, 0.29) is 11.8 Å². The van der Waals surface area contributed by atoms with Crippen LogP contribution in [0.5, 0.6) is 5.75 Å². The standard InChI is InChI=1S/C20H22ClN5O2/c1-28-16-5-2-4-14(12-16)13-22-19(27)15-7-10-25(11-8-15)20-24-23-18-17(21)6-3-9-26(18)20/h2-6,9,12,15H,7-8,10-11,13H2,1H3,(H,22,27). The summed E-state index contributed by atoms with van der Waals surface area (Å²) in [6, 6.07) is 11.4. The molecule has 0 unspecified atom stereocenters. The Morgan fingerprint density at radius 3 is 2.86 bits per heavy atom. The maximum absolute atomic E-state index is 12.6. The lowest BCUT2D eigenvalue weighted by molar-refractivity contribution is -0.125. The third kappa shape index (κ3) is 3.75. The molecule has 3 aromatic rings. The molecule has 0 atom stereocenters. The minimum Gasteiger partial charge on any atom is -0.497 e. The summed E-state index contributed by atoms with van der Waals surface area (Å²) >= 11 is 6.18. The van der Waals surface area contributed by atoms with E-state index in [1.54, 1.807) is 13.2 Å². The Bertz CT molecular complexity index is 982. The molecule has 1 aliphatic rings. The van der Waals surface area contributed by atoms with Crippen LogP contribution in [0.1, 0.15) is 18.4 Å². The monoisotopic (exact) mass is 399 g/mol. The fraction of sp³-hybridized carbons (Fsp3) is 0.350. The van der Waals surface area contributed by atoms with Crippen molar-refractivity contribution < 1.29 is 9.53 Å². The quantitative estimate of drug-likeness (QED) is 0.714. The highest BCUT2D eigenvalue weighted by Crippen LogP contribution is 2.25. The molecule has 0 saturated carbocycles. The summed E-state index contributed by atoms with van der Waals surface area (Å²) in [6.45, 7) is 2.01. The molecule has 0 aliphatic carbocycles. The zero-order valence-corrected chi connectivity index (χ0v) is 16.4. The summed E-state index contributed by atoms with van der Waals surface area (Å²) < 4.78 is 7.12. The number of halogens is 1. The number of aromatic nitrogens is 3. The van der Waals surface area contributed by atoms with E-state index in [0.29, 0.717) is 17.2 Å². The number of anilines is 1. The summed E-state index contributed by atoms with van der Waals surface area (Å²) in [5.41, 5.74) is 1.68. The average Bonchev–Trinajstić information content (AvgIpc) is 3.18. The predicted molar refractivity (Wildman–Crippen MR) is 108 cm³/mol.